The van der Waals surface area contributed by atoms with E-state index in [4.69, 9.17) is 9.47 Å². The van der Waals surface area contributed by atoms with Crippen LogP contribution in [0.25, 0.3) is 0 Å². The molecule has 0 aromatic heterocycles. The predicted octanol–water partition coefficient (Wildman–Crippen LogP) is 7.63. The minimum Gasteiger partial charge on any atom is -0.458 e. The molecule has 0 aliphatic carbocycles. The lowest BCUT2D eigenvalue weighted by molar-refractivity contribution is -0.159. The van der Waals surface area contributed by atoms with Gasteiger partial charge in [-0.1, -0.05) is 99.7 Å². The summed E-state index contributed by atoms with van der Waals surface area (Å²) in [6.07, 6.45) is 7.74. The molecule has 9 nitrogen and oxygen atoms in total. The molecule has 2 rings (SSSR count). The van der Waals surface area contributed by atoms with Crippen LogP contribution in [-0.4, -0.2) is 70.6 Å². The van der Waals surface area contributed by atoms with E-state index in [-0.39, 0.29) is 12.3 Å². The van der Waals surface area contributed by atoms with Crippen LogP contribution in [0, 0.1) is 0 Å². The Morgan fingerprint density at radius 3 is 1.90 bits per heavy atom. The number of unbranched alkanes of at least 4 members (excludes halogenated alkanes) is 5. The van der Waals surface area contributed by atoms with Gasteiger partial charge in [0.15, 0.2) is 0 Å². The Morgan fingerprint density at radius 1 is 0.755 bits per heavy atom. The molecule has 272 valence electrons. The van der Waals surface area contributed by atoms with Gasteiger partial charge < -0.3 is 25.0 Å². The van der Waals surface area contributed by atoms with E-state index in [1.54, 1.807) is 58.2 Å². The Hall–Kier alpha value is -3.53. The number of amides is 3. The number of esters is 1. The predicted molar refractivity (Wildman–Crippen MR) is 198 cm³/mol. The highest BCUT2D eigenvalue weighted by molar-refractivity contribution is 7.98. The first-order chi connectivity index (χ1) is 23.1. The van der Waals surface area contributed by atoms with E-state index < -0.39 is 47.3 Å². The number of hydrogen-bond acceptors (Lipinski definition) is 7. The maximum Gasteiger partial charge on any atom is 0.408 e. The lowest BCUT2D eigenvalue weighted by Gasteiger charge is -2.35. The number of thioether (sulfide) groups is 1. The fourth-order valence-corrected chi connectivity index (χ4v) is 5.82. The van der Waals surface area contributed by atoms with Crippen molar-refractivity contribution in [3.63, 3.8) is 0 Å². The minimum absolute atomic E-state index is 0.213. The molecule has 49 heavy (non-hydrogen) atoms. The highest BCUT2D eigenvalue weighted by Gasteiger charge is 2.38. The molecule has 0 bridgehead atoms. The molecule has 0 saturated carbocycles. The smallest absolute Gasteiger partial charge is 0.408 e. The third kappa shape index (κ3) is 16.2. The molecule has 10 heteroatoms. The lowest BCUT2D eigenvalue weighted by Crippen LogP contribution is -2.55. The molecule has 0 aliphatic rings. The van der Waals surface area contributed by atoms with Crippen molar-refractivity contribution in [1.82, 2.24) is 15.5 Å². The van der Waals surface area contributed by atoms with Gasteiger partial charge in [0, 0.05) is 13.0 Å². The number of nitrogens with zero attached hydrogens (tertiary/aromatic N) is 1. The van der Waals surface area contributed by atoms with Crippen molar-refractivity contribution in [3.8, 4) is 0 Å². The van der Waals surface area contributed by atoms with E-state index in [1.165, 1.54) is 0 Å². The number of nitrogens with one attached hydrogen (secondary N) is 2. The van der Waals surface area contributed by atoms with Gasteiger partial charge in [0.2, 0.25) is 11.8 Å². The van der Waals surface area contributed by atoms with Crippen LogP contribution in [0.2, 0.25) is 0 Å². The zero-order chi connectivity index (χ0) is 36.5. The van der Waals surface area contributed by atoms with Crippen LogP contribution in [0.5, 0.6) is 0 Å². The van der Waals surface area contributed by atoms with Crippen molar-refractivity contribution in [3.05, 3.63) is 71.8 Å². The van der Waals surface area contributed by atoms with Crippen LogP contribution >= 0.6 is 11.8 Å². The molecule has 0 radical (unpaired) electrons. The van der Waals surface area contributed by atoms with Gasteiger partial charge in [0.25, 0.3) is 0 Å². The molecular formula is C39H59N3O6S. The lowest BCUT2D eigenvalue weighted by atomic mass is 10.00. The number of carbonyl (C=O) groups is 4. The summed E-state index contributed by atoms with van der Waals surface area (Å²) >= 11 is 1.56. The third-order valence-corrected chi connectivity index (χ3v) is 8.25. The highest BCUT2D eigenvalue weighted by atomic mass is 32.2. The van der Waals surface area contributed by atoms with Crippen LogP contribution in [0.4, 0.5) is 4.79 Å². The molecule has 0 aliphatic heterocycles. The fraction of sp³-hybridized carbons (Fsp3) is 0.590. The van der Waals surface area contributed by atoms with Crippen molar-refractivity contribution >= 4 is 35.6 Å². The topological polar surface area (TPSA) is 114 Å². The van der Waals surface area contributed by atoms with Crippen LogP contribution < -0.4 is 10.6 Å². The van der Waals surface area contributed by atoms with Gasteiger partial charge in [-0.15, -0.1) is 0 Å². The monoisotopic (exact) mass is 697 g/mol. The first-order valence-corrected chi connectivity index (χ1v) is 19.0. The van der Waals surface area contributed by atoms with E-state index in [2.05, 4.69) is 17.6 Å². The second kappa shape index (κ2) is 20.9. The minimum atomic E-state index is -1.07. The number of alkyl carbamates (subject to hydrolysis) is 1. The Kier molecular flexibility index (Phi) is 17.7. The summed E-state index contributed by atoms with van der Waals surface area (Å²) in [5.41, 5.74) is -0.0683. The average Bonchev–Trinajstić information content (AvgIpc) is 3.02. The molecule has 2 aromatic carbocycles. The van der Waals surface area contributed by atoms with E-state index in [1.807, 2.05) is 66.9 Å². The molecule has 0 heterocycles. The SMILES string of the molecule is CCCCCCCCN(C(=O)C(CCSC)NC(=O)OC(C)(C)C)C(C(=O)NC(Cc1ccccc1)C(=O)OC(C)(C)C)c1ccccc1. The van der Waals surface area contributed by atoms with Crippen LogP contribution in [-0.2, 0) is 30.3 Å². The van der Waals surface area contributed by atoms with Crippen molar-refractivity contribution < 1.29 is 28.7 Å². The maximum absolute atomic E-state index is 14.6. The molecule has 2 aromatic rings. The number of rotatable bonds is 19. The summed E-state index contributed by atoms with van der Waals surface area (Å²) in [6, 6.07) is 15.6. The molecule has 0 fully saturated rings. The second-order valence-electron chi connectivity index (χ2n) is 14.4. The largest absolute Gasteiger partial charge is 0.458 e. The second-order valence-corrected chi connectivity index (χ2v) is 15.4. The molecule has 2 N–H and O–H groups in total. The van der Waals surface area contributed by atoms with Gasteiger partial charge in [0.1, 0.15) is 29.3 Å². The Morgan fingerprint density at radius 2 is 1.33 bits per heavy atom. The van der Waals surface area contributed by atoms with Crippen molar-refractivity contribution in [2.24, 2.45) is 0 Å². The van der Waals surface area contributed by atoms with E-state index in [0.29, 0.717) is 30.7 Å². The Labute approximate surface area is 298 Å². The van der Waals surface area contributed by atoms with Gasteiger partial charge >= 0.3 is 12.1 Å². The Balaban J connectivity index is 2.56. The number of carbonyl (C=O) groups excluding carboxylic acids is 4. The summed E-state index contributed by atoms with van der Waals surface area (Å²) in [5, 5.41) is 5.77. The summed E-state index contributed by atoms with van der Waals surface area (Å²) in [7, 11) is 0. The third-order valence-electron chi connectivity index (χ3n) is 7.60. The number of benzene rings is 2. The number of hydrogen-bond donors (Lipinski definition) is 2. The van der Waals surface area contributed by atoms with Crippen molar-refractivity contribution in [2.45, 2.75) is 129 Å². The first kappa shape index (κ1) is 41.6. The van der Waals surface area contributed by atoms with E-state index >= 15 is 0 Å². The van der Waals surface area contributed by atoms with Crippen molar-refractivity contribution in [2.75, 3.05) is 18.6 Å². The first-order valence-electron chi connectivity index (χ1n) is 17.6. The normalized spacial score (nSPS) is 13.5. The molecule has 3 unspecified atom stereocenters. The average molecular weight is 698 g/mol. The quantitative estimate of drug-likeness (QED) is 0.115. The molecule has 3 atom stereocenters. The summed E-state index contributed by atoms with van der Waals surface area (Å²) < 4.78 is 11.3. The Bertz CT molecular complexity index is 1290. The van der Waals surface area contributed by atoms with Gasteiger partial charge in [-0.25, -0.2) is 9.59 Å². The molecular weight excluding hydrogens is 639 g/mol. The van der Waals surface area contributed by atoms with Gasteiger partial charge in [0.05, 0.1) is 0 Å². The summed E-state index contributed by atoms with van der Waals surface area (Å²) in [5.74, 6) is -0.834. The fourth-order valence-electron chi connectivity index (χ4n) is 5.35. The molecule has 0 spiro atoms. The zero-order valence-electron chi connectivity index (χ0n) is 30.9. The van der Waals surface area contributed by atoms with E-state index in [0.717, 1.165) is 37.7 Å². The van der Waals surface area contributed by atoms with Crippen LogP contribution in [0.1, 0.15) is 111 Å². The van der Waals surface area contributed by atoms with Gasteiger partial charge in [-0.2, -0.15) is 11.8 Å². The van der Waals surface area contributed by atoms with E-state index in [9.17, 15) is 19.2 Å². The summed E-state index contributed by atoms with van der Waals surface area (Å²) in [4.78, 5) is 57.2. The molecule has 3 amide bonds. The zero-order valence-corrected chi connectivity index (χ0v) is 31.7. The number of ether oxygens (including phenoxy) is 2. The van der Waals surface area contributed by atoms with Crippen LogP contribution in [0.3, 0.4) is 0 Å². The van der Waals surface area contributed by atoms with Gasteiger partial charge in [-0.05, 0) is 77.5 Å². The van der Waals surface area contributed by atoms with Crippen molar-refractivity contribution in [1.29, 1.82) is 0 Å². The van der Waals surface area contributed by atoms with Crippen LogP contribution in [0.15, 0.2) is 60.7 Å². The highest BCUT2D eigenvalue weighted by Crippen LogP contribution is 2.25. The summed E-state index contributed by atoms with van der Waals surface area (Å²) in [6.45, 7) is 13.1. The molecule has 0 saturated heterocycles. The standard InChI is InChI=1S/C39H59N3O6S/c1-9-10-11-12-13-20-26-42(35(44)31(25-27-49-8)41-37(46)48-39(5,6)7)33(30-23-18-15-19-24-30)34(43)40-32(36(45)47-38(2,3)4)28-29-21-16-14-17-22-29/h14-19,21-24,31-33H,9-13,20,25-28H2,1-8H3,(H,40,43)(H,41,46). The van der Waals surface area contributed by atoms with Gasteiger partial charge in [-0.3, -0.25) is 9.59 Å². The maximum atomic E-state index is 14.6.